The van der Waals surface area contributed by atoms with E-state index in [1.54, 1.807) is 0 Å². The van der Waals surface area contributed by atoms with Crippen molar-refractivity contribution < 1.29 is 4.39 Å². The fraction of sp³-hybridized carbons (Fsp3) is 0.611. The second-order valence-corrected chi connectivity index (χ2v) is 6.02. The lowest BCUT2D eigenvalue weighted by Crippen LogP contribution is -2.02. The van der Waals surface area contributed by atoms with Crippen molar-refractivity contribution in [2.24, 2.45) is 16.8 Å². The van der Waals surface area contributed by atoms with Gasteiger partial charge in [0.05, 0.1) is 11.9 Å². The van der Waals surface area contributed by atoms with Crippen LogP contribution in [-0.4, -0.2) is 12.4 Å². The summed E-state index contributed by atoms with van der Waals surface area (Å²) < 4.78 is 13.1. The van der Waals surface area contributed by atoms with Crippen LogP contribution in [0.3, 0.4) is 0 Å². The predicted octanol–water partition coefficient (Wildman–Crippen LogP) is 5.40. The Morgan fingerprint density at radius 1 is 1.35 bits per heavy atom. The molecule has 20 heavy (non-hydrogen) atoms. The fourth-order valence-electron chi connectivity index (χ4n) is 2.58. The third-order valence-corrected chi connectivity index (χ3v) is 4.15. The minimum Gasteiger partial charge on any atom is -0.261 e. The van der Waals surface area contributed by atoms with E-state index in [9.17, 15) is 4.39 Å². The highest BCUT2D eigenvalue weighted by molar-refractivity contribution is 5.64. The molecule has 0 radical (unpaired) electrons. The Balaban J connectivity index is 1.56. The maximum absolute atomic E-state index is 13.1. The van der Waals surface area contributed by atoms with Gasteiger partial charge in [-0.25, -0.2) is 4.39 Å². The molecule has 0 aliphatic heterocycles. The summed E-state index contributed by atoms with van der Waals surface area (Å²) in [6, 6.07) is 0. The summed E-state index contributed by atoms with van der Waals surface area (Å²) >= 11 is 0. The lowest BCUT2D eigenvalue weighted by atomic mass is 9.97. The van der Waals surface area contributed by atoms with Gasteiger partial charge in [-0.05, 0) is 49.7 Å². The standard InChI is InChI=1S/C18H26FN/c1-3-16(19)11-10-14(2)7-4-5-12-20-18-9-6-8-15-13-17(15)18/h6,8-9,12-16H,3-5,7,10-11H2,1-2H3/b20-12+/t14?,15?,16-/m1/s1. The highest BCUT2D eigenvalue weighted by atomic mass is 19.1. The molecule has 0 aromatic carbocycles. The quantitative estimate of drug-likeness (QED) is 0.394. The minimum atomic E-state index is -0.606. The van der Waals surface area contributed by atoms with E-state index in [0.717, 1.165) is 31.4 Å². The Morgan fingerprint density at radius 3 is 3.00 bits per heavy atom. The van der Waals surface area contributed by atoms with Crippen molar-refractivity contribution in [3.63, 3.8) is 0 Å². The van der Waals surface area contributed by atoms with E-state index < -0.39 is 6.17 Å². The number of nitrogens with zero attached hydrogens (tertiary/aromatic N) is 1. The van der Waals surface area contributed by atoms with Crippen LogP contribution in [0.4, 0.5) is 4.39 Å². The molecule has 0 amide bonds. The van der Waals surface area contributed by atoms with Crippen LogP contribution in [-0.2, 0) is 0 Å². The zero-order chi connectivity index (χ0) is 14.4. The molecule has 0 heterocycles. The van der Waals surface area contributed by atoms with Crippen LogP contribution in [0.5, 0.6) is 0 Å². The average Bonchev–Trinajstić information content (AvgIpc) is 3.24. The molecule has 2 aliphatic carbocycles. The van der Waals surface area contributed by atoms with Crippen LogP contribution < -0.4 is 0 Å². The molecule has 1 nitrogen and oxygen atoms in total. The van der Waals surface area contributed by atoms with Gasteiger partial charge in [0.2, 0.25) is 0 Å². The van der Waals surface area contributed by atoms with Crippen molar-refractivity contribution >= 4 is 6.21 Å². The molecule has 2 rings (SSSR count). The molecule has 2 aliphatic rings. The first-order chi connectivity index (χ1) is 9.70. The van der Waals surface area contributed by atoms with Crippen molar-refractivity contribution in [1.82, 2.24) is 0 Å². The number of rotatable bonds is 9. The molecule has 3 atom stereocenters. The predicted molar refractivity (Wildman–Crippen MR) is 84.7 cm³/mol. The van der Waals surface area contributed by atoms with Gasteiger partial charge in [-0.2, -0.15) is 0 Å². The Bertz CT molecular complexity index is 431. The van der Waals surface area contributed by atoms with Crippen LogP contribution >= 0.6 is 0 Å². The number of unbranched alkanes of at least 4 members (excludes halogenated alkanes) is 1. The number of fused-ring (bicyclic) bond motifs is 1. The summed E-state index contributed by atoms with van der Waals surface area (Å²) in [7, 11) is 0. The van der Waals surface area contributed by atoms with Crippen LogP contribution in [0.1, 0.15) is 52.4 Å². The van der Waals surface area contributed by atoms with Gasteiger partial charge in [0.1, 0.15) is 0 Å². The maximum Gasteiger partial charge on any atom is 0.0999 e. The number of aliphatic imine (C=N–C) groups is 1. The topological polar surface area (TPSA) is 12.4 Å². The smallest absolute Gasteiger partial charge is 0.0999 e. The first-order valence-electron chi connectivity index (χ1n) is 7.98. The lowest BCUT2D eigenvalue weighted by molar-refractivity contribution is 0.279. The number of hydrogen-bond acceptors (Lipinski definition) is 1. The van der Waals surface area contributed by atoms with Gasteiger partial charge in [0.25, 0.3) is 0 Å². The summed E-state index contributed by atoms with van der Waals surface area (Å²) in [5.41, 5.74) is 2.51. The lowest BCUT2D eigenvalue weighted by Gasteiger charge is -2.11. The highest BCUT2D eigenvalue weighted by Crippen LogP contribution is 2.39. The van der Waals surface area contributed by atoms with Gasteiger partial charge in [-0.15, -0.1) is 0 Å². The third kappa shape index (κ3) is 4.73. The highest BCUT2D eigenvalue weighted by Gasteiger charge is 2.26. The van der Waals surface area contributed by atoms with E-state index in [1.165, 1.54) is 12.0 Å². The minimum absolute atomic E-state index is 0.569. The van der Waals surface area contributed by atoms with Gasteiger partial charge in [0.15, 0.2) is 0 Å². The SMILES string of the molecule is CC[C@@H](F)CCC(C)CCC/C=N/C1=CC=CC2C=C12. The zero-order valence-corrected chi connectivity index (χ0v) is 12.7. The second-order valence-electron chi connectivity index (χ2n) is 6.02. The Morgan fingerprint density at radius 2 is 2.20 bits per heavy atom. The molecule has 0 saturated carbocycles. The van der Waals surface area contributed by atoms with Crippen LogP contribution in [0.25, 0.3) is 0 Å². The van der Waals surface area contributed by atoms with E-state index in [2.05, 4.69) is 36.2 Å². The molecule has 0 bridgehead atoms. The first-order valence-corrected chi connectivity index (χ1v) is 7.98. The molecule has 0 aromatic rings. The zero-order valence-electron chi connectivity index (χ0n) is 12.7. The molecule has 0 spiro atoms. The van der Waals surface area contributed by atoms with E-state index in [-0.39, 0.29) is 0 Å². The van der Waals surface area contributed by atoms with Crippen molar-refractivity contribution in [3.05, 3.63) is 35.6 Å². The van der Waals surface area contributed by atoms with Crippen molar-refractivity contribution in [3.8, 4) is 0 Å². The monoisotopic (exact) mass is 275 g/mol. The largest absolute Gasteiger partial charge is 0.261 e. The molecule has 110 valence electrons. The van der Waals surface area contributed by atoms with Gasteiger partial charge in [-0.1, -0.05) is 38.5 Å². The van der Waals surface area contributed by atoms with Gasteiger partial charge in [0, 0.05) is 12.1 Å². The Kier molecular flexibility index (Phi) is 5.75. The summed E-state index contributed by atoms with van der Waals surface area (Å²) in [6.45, 7) is 4.15. The molecule has 0 aromatic heterocycles. The Labute approximate surface area is 122 Å². The summed E-state index contributed by atoms with van der Waals surface area (Å²) in [5.74, 6) is 1.19. The van der Waals surface area contributed by atoms with Gasteiger partial charge in [-0.3, -0.25) is 4.99 Å². The van der Waals surface area contributed by atoms with Crippen LogP contribution in [0.2, 0.25) is 0 Å². The molecule has 2 unspecified atom stereocenters. The van der Waals surface area contributed by atoms with Crippen molar-refractivity contribution in [1.29, 1.82) is 0 Å². The number of alkyl halides is 1. The Hall–Kier alpha value is -1.18. The second kappa shape index (κ2) is 7.56. The molecular formula is C18H26FN. The molecular weight excluding hydrogens is 249 g/mol. The third-order valence-electron chi connectivity index (χ3n) is 4.15. The molecule has 0 fully saturated rings. The summed E-state index contributed by atoms with van der Waals surface area (Å²) in [4.78, 5) is 4.55. The van der Waals surface area contributed by atoms with Crippen LogP contribution in [0.15, 0.2) is 40.6 Å². The summed E-state index contributed by atoms with van der Waals surface area (Å²) in [6.07, 6.45) is 15.8. The molecule has 0 saturated heterocycles. The van der Waals surface area contributed by atoms with E-state index >= 15 is 0 Å². The normalized spacial score (nSPS) is 23.2. The number of halogens is 1. The molecule has 2 heteroatoms. The van der Waals surface area contributed by atoms with E-state index in [1.807, 2.05) is 13.1 Å². The first kappa shape index (κ1) is 15.2. The van der Waals surface area contributed by atoms with Gasteiger partial charge >= 0.3 is 0 Å². The van der Waals surface area contributed by atoms with Crippen molar-refractivity contribution in [2.75, 3.05) is 0 Å². The average molecular weight is 275 g/mol. The van der Waals surface area contributed by atoms with Gasteiger partial charge < -0.3 is 0 Å². The maximum atomic E-state index is 13.1. The number of hydrogen-bond donors (Lipinski definition) is 0. The molecule has 0 N–H and O–H groups in total. The number of allylic oxidation sites excluding steroid dienone is 5. The van der Waals surface area contributed by atoms with Crippen LogP contribution in [0, 0.1) is 11.8 Å². The van der Waals surface area contributed by atoms with Crippen molar-refractivity contribution in [2.45, 2.75) is 58.5 Å². The van der Waals surface area contributed by atoms with E-state index in [0.29, 0.717) is 18.3 Å². The van der Waals surface area contributed by atoms with E-state index in [4.69, 9.17) is 0 Å². The summed E-state index contributed by atoms with van der Waals surface area (Å²) in [5, 5.41) is 0. The fourth-order valence-corrected chi connectivity index (χ4v) is 2.58.